The van der Waals surface area contributed by atoms with Crippen LogP contribution in [0.4, 0.5) is 5.95 Å². The number of ether oxygens (including phenoxy) is 1. The predicted octanol–water partition coefficient (Wildman–Crippen LogP) is 0.638. The van der Waals surface area contributed by atoms with Crippen molar-refractivity contribution in [2.45, 2.75) is 26.3 Å². The summed E-state index contributed by atoms with van der Waals surface area (Å²) in [6.45, 7) is 5.41. The monoisotopic (exact) mass is 285 g/mol. The standard InChI is InChI=1S/C11H16ClN5O2/c1-3-7-8(18)13-5-6-17(7)10-14-9(12)15-11(16-10)19-4-2/h7H,3-6H2,1-2H3,(H,13,18). The van der Waals surface area contributed by atoms with Crippen LogP contribution in [0.25, 0.3) is 0 Å². The Labute approximate surface area is 116 Å². The molecule has 0 saturated carbocycles. The Morgan fingerprint density at radius 3 is 2.89 bits per heavy atom. The second-order valence-corrected chi connectivity index (χ2v) is 4.37. The second-order valence-electron chi connectivity index (χ2n) is 4.03. The smallest absolute Gasteiger partial charge is 0.322 e. The van der Waals surface area contributed by atoms with E-state index < -0.39 is 0 Å². The molecule has 1 saturated heterocycles. The van der Waals surface area contributed by atoms with Crippen molar-refractivity contribution in [3.63, 3.8) is 0 Å². The van der Waals surface area contributed by atoms with Gasteiger partial charge in [0, 0.05) is 13.1 Å². The SMILES string of the molecule is CCOc1nc(Cl)nc(N2CCNC(=O)C2CC)n1. The first-order valence-electron chi connectivity index (χ1n) is 6.24. The summed E-state index contributed by atoms with van der Waals surface area (Å²) in [6, 6.07) is -0.111. The first-order chi connectivity index (χ1) is 9.15. The van der Waals surface area contributed by atoms with E-state index >= 15 is 0 Å². The van der Waals surface area contributed by atoms with Gasteiger partial charge in [0.05, 0.1) is 6.61 Å². The van der Waals surface area contributed by atoms with E-state index in [0.717, 1.165) is 0 Å². The van der Waals surface area contributed by atoms with Gasteiger partial charge in [-0.3, -0.25) is 4.79 Å². The van der Waals surface area contributed by atoms with Crippen LogP contribution in [-0.4, -0.2) is 46.6 Å². The third kappa shape index (κ3) is 3.04. The average Bonchev–Trinajstić information content (AvgIpc) is 2.38. The van der Waals surface area contributed by atoms with Crippen LogP contribution in [0.1, 0.15) is 20.3 Å². The fraction of sp³-hybridized carbons (Fsp3) is 0.636. The minimum Gasteiger partial charge on any atom is -0.464 e. The minimum atomic E-state index is -0.290. The zero-order valence-corrected chi connectivity index (χ0v) is 11.6. The van der Waals surface area contributed by atoms with E-state index in [1.54, 1.807) is 0 Å². The molecule has 1 aromatic rings. The van der Waals surface area contributed by atoms with Crippen molar-refractivity contribution in [2.24, 2.45) is 0 Å². The molecule has 2 rings (SSSR count). The number of aromatic nitrogens is 3. The lowest BCUT2D eigenvalue weighted by Gasteiger charge is -2.34. The fourth-order valence-corrected chi connectivity index (χ4v) is 2.15. The van der Waals surface area contributed by atoms with Gasteiger partial charge in [-0.1, -0.05) is 6.92 Å². The van der Waals surface area contributed by atoms with Crippen LogP contribution in [-0.2, 0) is 4.79 Å². The van der Waals surface area contributed by atoms with Gasteiger partial charge in [-0.2, -0.15) is 15.0 Å². The summed E-state index contributed by atoms with van der Waals surface area (Å²) in [5, 5.41) is 2.89. The van der Waals surface area contributed by atoms with Gasteiger partial charge in [0.25, 0.3) is 0 Å². The van der Waals surface area contributed by atoms with Crippen molar-refractivity contribution in [1.29, 1.82) is 0 Å². The maximum absolute atomic E-state index is 11.8. The molecular formula is C11H16ClN5O2. The van der Waals surface area contributed by atoms with Crippen LogP contribution >= 0.6 is 11.6 Å². The number of hydrogen-bond acceptors (Lipinski definition) is 6. The highest BCUT2D eigenvalue weighted by molar-refractivity contribution is 6.28. The lowest BCUT2D eigenvalue weighted by molar-refractivity contribution is -0.123. The van der Waals surface area contributed by atoms with Gasteiger partial charge in [0.1, 0.15) is 6.04 Å². The van der Waals surface area contributed by atoms with Gasteiger partial charge >= 0.3 is 6.01 Å². The molecule has 1 fully saturated rings. The minimum absolute atomic E-state index is 0.0248. The van der Waals surface area contributed by atoms with Gasteiger partial charge in [0.15, 0.2) is 0 Å². The molecule has 2 heterocycles. The van der Waals surface area contributed by atoms with Crippen LogP contribution in [0, 0.1) is 0 Å². The van der Waals surface area contributed by atoms with E-state index in [9.17, 15) is 4.79 Å². The summed E-state index contributed by atoms with van der Waals surface area (Å²) in [7, 11) is 0. The molecule has 104 valence electrons. The second kappa shape index (κ2) is 6.01. The summed E-state index contributed by atoms with van der Waals surface area (Å²) in [5.41, 5.74) is 0. The Bertz CT molecular complexity index is 470. The average molecular weight is 286 g/mol. The molecule has 1 N–H and O–H groups in total. The third-order valence-electron chi connectivity index (χ3n) is 2.82. The van der Waals surface area contributed by atoms with Crippen molar-refractivity contribution in [2.75, 3.05) is 24.6 Å². The van der Waals surface area contributed by atoms with Crippen molar-refractivity contribution in [3.8, 4) is 6.01 Å². The molecule has 0 spiro atoms. The lowest BCUT2D eigenvalue weighted by Crippen LogP contribution is -2.55. The Kier molecular flexibility index (Phi) is 4.36. The molecule has 1 aliphatic heterocycles. The number of carbonyl (C=O) groups is 1. The van der Waals surface area contributed by atoms with Crippen molar-refractivity contribution >= 4 is 23.5 Å². The number of nitrogens with zero attached hydrogens (tertiary/aromatic N) is 4. The molecule has 1 aromatic heterocycles. The number of halogens is 1. The van der Waals surface area contributed by atoms with E-state index in [4.69, 9.17) is 16.3 Å². The molecule has 7 nitrogen and oxygen atoms in total. The molecule has 8 heteroatoms. The number of carbonyl (C=O) groups excluding carboxylic acids is 1. The number of nitrogens with one attached hydrogen (secondary N) is 1. The largest absolute Gasteiger partial charge is 0.464 e. The Morgan fingerprint density at radius 2 is 2.21 bits per heavy atom. The maximum atomic E-state index is 11.8. The van der Waals surface area contributed by atoms with E-state index in [1.165, 1.54) is 0 Å². The third-order valence-corrected chi connectivity index (χ3v) is 2.99. The summed E-state index contributed by atoms with van der Waals surface area (Å²) in [4.78, 5) is 25.8. The van der Waals surface area contributed by atoms with Crippen LogP contribution in [0.15, 0.2) is 0 Å². The van der Waals surface area contributed by atoms with Gasteiger partial charge in [-0.25, -0.2) is 0 Å². The predicted molar refractivity (Wildman–Crippen MR) is 70.4 cm³/mol. The highest BCUT2D eigenvalue weighted by Gasteiger charge is 2.30. The molecule has 0 aromatic carbocycles. The first kappa shape index (κ1) is 13.8. The molecule has 1 aliphatic rings. The van der Waals surface area contributed by atoms with Crippen molar-refractivity contribution in [1.82, 2.24) is 20.3 Å². The molecule has 19 heavy (non-hydrogen) atoms. The molecular weight excluding hydrogens is 270 g/mol. The normalized spacial score (nSPS) is 19.2. The van der Waals surface area contributed by atoms with Gasteiger partial charge in [-0.05, 0) is 24.9 Å². The zero-order valence-electron chi connectivity index (χ0n) is 10.9. The summed E-state index contributed by atoms with van der Waals surface area (Å²) in [6.07, 6.45) is 0.666. The number of hydrogen-bond donors (Lipinski definition) is 1. The number of rotatable bonds is 4. The molecule has 0 bridgehead atoms. The zero-order chi connectivity index (χ0) is 13.8. The molecule has 1 amide bonds. The van der Waals surface area contributed by atoms with Crippen LogP contribution in [0.5, 0.6) is 6.01 Å². The van der Waals surface area contributed by atoms with Crippen LogP contribution < -0.4 is 15.0 Å². The Morgan fingerprint density at radius 1 is 1.42 bits per heavy atom. The summed E-state index contributed by atoms with van der Waals surface area (Å²) in [5.74, 6) is 0.355. The summed E-state index contributed by atoms with van der Waals surface area (Å²) >= 11 is 5.86. The molecule has 1 unspecified atom stereocenters. The van der Waals surface area contributed by atoms with Gasteiger partial charge in [0.2, 0.25) is 17.1 Å². The van der Waals surface area contributed by atoms with E-state index in [0.29, 0.717) is 32.1 Å². The van der Waals surface area contributed by atoms with Crippen LogP contribution in [0.2, 0.25) is 5.28 Å². The molecule has 0 aliphatic carbocycles. The number of anilines is 1. The quantitative estimate of drug-likeness (QED) is 0.874. The summed E-state index contributed by atoms with van der Waals surface area (Å²) < 4.78 is 5.24. The number of piperazine rings is 1. The molecule has 0 radical (unpaired) electrons. The Hall–Kier alpha value is -1.63. The fourth-order valence-electron chi connectivity index (χ4n) is 2.00. The molecule has 1 atom stereocenters. The van der Waals surface area contributed by atoms with Gasteiger partial charge < -0.3 is 15.0 Å². The van der Waals surface area contributed by atoms with Crippen LogP contribution in [0.3, 0.4) is 0 Å². The van der Waals surface area contributed by atoms with Crippen molar-refractivity contribution in [3.05, 3.63) is 5.28 Å². The maximum Gasteiger partial charge on any atom is 0.322 e. The van der Waals surface area contributed by atoms with E-state index in [-0.39, 0.29) is 23.2 Å². The topological polar surface area (TPSA) is 80.2 Å². The van der Waals surface area contributed by atoms with Gasteiger partial charge in [-0.15, -0.1) is 0 Å². The lowest BCUT2D eigenvalue weighted by atomic mass is 10.1. The van der Waals surface area contributed by atoms with Crippen molar-refractivity contribution < 1.29 is 9.53 Å². The Balaban J connectivity index is 2.31. The van der Waals surface area contributed by atoms with E-state index in [2.05, 4.69) is 20.3 Å². The first-order valence-corrected chi connectivity index (χ1v) is 6.62. The highest BCUT2D eigenvalue weighted by atomic mass is 35.5. The van der Waals surface area contributed by atoms with E-state index in [1.807, 2.05) is 18.7 Å². The highest BCUT2D eigenvalue weighted by Crippen LogP contribution is 2.20. The number of amides is 1.